The van der Waals surface area contributed by atoms with Gasteiger partial charge in [-0.05, 0) is 6.42 Å². The van der Waals surface area contributed by atoms with E-state index in [2.05, 4.69) is 4.99 Å². The molecule has 2 N–H and O–H groups in total. The van der Waals surface area contributed by atoms with Gasteiger partial charge in [-0.2, -0.15) is 0 Å². The van der Waals surface area contributed by atoms with Gasteiger partial charge in [-0.25, -0.2) is 0 Å². The zero-order valence-corrected chi connectivity index (χ0v) is 11.5. The molecule has 1 atom stereocenters. The minimum Gasteiger partial charge on any atom is -0.368 e. The number of carbonyl (C=O) groups is 1. The molecule has 0 radical (unpaired) electrons. The highest BCUT2D eigenvalue weighted by molar-refractivity contribution is 6.13. The highest BCUT2D eigenvalue weighted by Crippen LogP contribution is 2.13. The van der Waals surface area contributed by atoms with Crippen LogP contribution in [-0.4, -0.2) is 17.7 Å². The molecule has 0 aliphatic carbocycles. The van der Waals surface area contributed by atoms with E-state index in [1.54, 1.807) is 0 Å². The Morgan fingerprint density at radius 1 is 1.00 bits per heavy atom. The summed E-state index contributed by atoms with van der Waals surface area (Å²) >= 11 is 0. The van der Waals surface area contributed by atoms with Crippen molar-refractivity contribution in [1.82, 2.24) is 0 Å². The molecule has 1 unspecified atom stereocenters. The Balaban J connectivity index is 2.50. The van der Waals surface area contributed by atoms with Crippen molar-refractivity contribution in [2.75, 3.05) is 0 Å². The topological polar surface area (TPSA) is 55.4 Å². The maximum Gasteiger partial charge on any atom is 0.242 e. The molecule has 2 rings (SSSR count). The minimum absolute atomic E-state index is 0.392. The van der Waals surface area contributed by atoms with Crippen LogP contribution < -0.4 is 5.73 Å². The fraction of sp³-hybridized carbons (Fsp3) is 0.176. The van der Waals surface area contributed by atoms with Crippen molar-refractivity contribution in [3.8, 4) is 0 Å². The van der Waals surface area contributed by atoms with Gasteiger partial charge in [0.05, 0.1) is 5.71 Å². The van der Waals surface area contributed by atoms with Gasteiger partial charge in [0.1, 0.15) is 6.04 Å². The smallest absolute Gasteiger partial charge is 0.242 e. The summed E-state index contributed by atoms with van der Waals surface area (Å²) < 4.78 is 0. The second-order valence-electron chi connectivity index (χ2n) is 4.54. The van der Waals surface area contributed by atoms with Gasteiger partial charge in [-0.15, -0.1) is 0 Å². The number of amides is 1. The third kappa shape index (κ3) is 3.32. The first-order valence-electron chi connectivity index (χ1n) is 6.70. The van der Waals surface area contributed by atoms with Crippen LogP contribution in [0.4, 0.5) is 0 Å². The normalized spacial score (nSPS) is 11.7. The lowest BCUT2D eigenvalue weighted by atomic mass is 10.0. The van der Waals surface area contributed by atoms with Crippen LogP contribution in [0.3, 0.4) is 0 Å². The van der Waals surface area contributed by atoms with Gasteiger partial charge < -0.3 is 5.73 Å². The van der Waals surface area contributed by atoms with Gasteiger partial charge in [0.15, 0.2) is 0 Å². The molecule has 0 saturated carbocycles. The monoisotopic (exact) mass is 266 g/mol. The van der Waals surface area contributed by atoms with Gasteiger partial charge in [0, 0.05) is 11.1 Å². The lowest BCUT2D eigenvalue weighted by Gasteiger charge is -2.11. The second-order valence-corrected chi connectivity index (χ2v) is 4.54. The van der Waals surface area contributed by atoms with E-state index in [0.717, 1.165) is 16.8 Å². The van der Waals surface area contributed by atoms with Crippen LogP contribution in [-0.2, 0) is 4.79 Å². The molecule has 20 heavy (non-hydrogen) atoms. The highest BCUT2D eigenvalue weighted by Gasteiger charge is 2.14. The number of rotatable bonds is 5. The van der Waals surface area contributed by atoms with E-state index >= 15 is 0 Å². The Morgan fingerprint density at radius 2 is 1.45 bits per heavy atom. The van der Waals surface area contributed by atoms with Gasteiger partial charge in [-0.1, -0.05) is 67.6 Å². The Hall–Kier alpha value is -2.42. The zero-order chi connectivity index (χ0) is 14.4. The minimum atomic E-state index is -0.495. The van der Waals surface area contributed by atoms with E-state index in [-0.39, 0.29) is 0 Å². The lowest BCUT2D eigenvalue weighted by Crippen LogP contribution is -2.27. The first-order valence-corrected chi connectivity index (χ1v) is 6.70. The van der Waals surface area contributed by atoms with E-state index in [0.29, 0.717) is 6.42 Å². The number of hydrogen-bond donors (Lipinski definition) is 1. The van der Waals surface area contributed by atoms with Crippen LogP contribution in [0.5, 0.6) is 0 Å². The van der Waals surface area contributed by atoms with Crippen molar-refractivity contribution in [3.05, 3.63) is 71.8 Å². The van der Waals surface area contributed by atoms with Gasteiger partial charge in [0.2, 0.25) is 5.91 Å². The van der Waals surface area contributed by atoms with Gasteiger partial charge >= 0.3 is 0 Å². The molecule has 2 aromatic rings. The van der Waals surface area contributed by atoms with Crippen LogP contribution in [0.15, 0.2) is 65.7 Å². The molecular weight excluding hydrogens is 248 g/mol. The number of aliphatic imine (C=N–C) groups is 1. The fourth-order valence-corrected chi connectivity index (χ4v) is 2.02. The molecule has 1 amide bonds. The Labute approximate surface area is 119 Å². The number of hydrogen-bond acceptors (Lipinski definition) is 2. The average molecular weight is 266 g/mol. The molecule has 0 fully saturated rings. The van der Waals surface area contributed by atoms with Gasteiger partial charge in [0.25, 0.3) is 0 Å². The Kier molecular flexibility index (Phi) is 4.66. The fourth-order valence-electron chi connectivity index (χ4n) is 2.02. The molecule has 0 aromatic heterocycles. The first-order chi connectivity index (χ1) is 9.72. The number of nitrogens with zero attached hydrogens (tertiary/aromatic N) is 1. The summed E-state index contributed by atoms with van der Waals surface area (Å²) in [6.07, 6.45) is 0.596. The van der Waals surface area contributed by atoms with E-state index in [4.69, 9.17) is 5.73 Å². The van der Waals surface area contributed by atoms with Crippen molar-refractivity contribution in [2.24, 2.45) is 10.7 Å². The summed E-state index contributed by atoms with van der Waals surface area (Å²) in [7, 11) is 0. The standard InChI is InChI=1S/C17H18N2O/c1-2-15(17(18)20)19-16(13-9-5-3-6-10-13)14-11-7-4-8-12-14/h3-12,15H,2H2,1H3,(H2,18,20). The predicted molar refractivity (Wildman–Crippen MR) is 81.8 cm³/mol. The van der Waals surface area contributed by atoms with E-state index in [1.807, 2.05) is 67.6 Å². The largest absolute Gasteiger partial charge is 0.368 e. The van der Waals surface area contributed by atoms with Crippen molar-refractivity contribution in [3.63, 3.8) is 0 Å². The van der Waals surface area contributed by atoms with Crippen molar-refractivity contribution in [2.45, 2.75) is 19.4 Å². The highest BCUT2D eigenvalue weighted by atomic mass is 16.1. The molecular formula is C17H18N2O. The Bertz CT molecular complexity index is 549. The molecule has 2 aromatic carbocycles. The van der Waals surface area contributed by atoms with Crippen LogP contribution in [0.2, 0.25) is 0 Å². The Morgan fingerprint density at radius 3 is 1.80 bits per heavy atom. The number of benzene rings is 2. The summed E-state index contributed by atoms with van der Waals surface area (Å²) in [5.74, 6) is -0.392. The zero-order valence-electron chi connectivity index (χ0n) is 11.5. The van der Waals surface area contributed by atoms with E-state index in [1.165, 1.54) is 0 Å². The lowest BCUT2D eigenvalue weighted by molar-refractivity contribution is -0.119. The molecule has 0 aliphatic heterocycles. The molecule has 0 aliphatic rings. The number of carbonyl (C=O) groups excluding carboxylic acids is 1. The predicted octanol–water partition coefficient (Wildman–Crippen LogP) is 2.79. The van der Waals surface area contributed by atoms with Crippen molar-refractivity contribution in [1.29, 1.82) is 0 Å². The maximum atomic E-state index is 11.4. The van der Waals surface area contributed by atoms with Crippen LogP contribution >= 0.6 is 0 Å². The van der Waals surface area contributed by atoms with E-state index < -0.39 is 11.9 Å². The van der Waals surface area contributed by atoms with Crippen molar-refractivity contribution < 1.29 is 4.79 Å². The van der Waals surface area contributed by atoms with Gasteiger partial charge in [-0.3, -0.25) is 9.79 Å². The first kappa shape index (κ1) is 14.0. The molecule has 0 spiro atoms. The summed E-state index contributed by atoms with van der Waals surface area (Å²) in [4.78, 5) is 16.0. The maximum absolute atomic E-state index is 11.4. The van der Waals surface area contributed by atoms with Crippen LogP contribution in [0.25, 0.3) is 0 Å². The van der Waals surface area contributed by atoms with E-state index in [9.17, 15) is 4.79 Å². The summed E-state index contributed by atoms with van der Waals surface area (Å²) in [6.45, 7) is 1.91. The molecule has 0 heterocycles. The third-order valence-corrected chi connectivity index (χ3v) is 3.09. The quantitative estimate of drug-likeness (QED) is 0.831. The molecule has 0 saturated heterocycles. The summed E-state index contributed by atoms with van der Waals surface area (Å²) in [5, 5.41) is 0. The molecule has 0 bridgehead atoms. The number of nitrogens with two attached hydrogens (primary N) is 1. The van der Waals surface area contributed by atoms with Crippen molar-refractivity contribution >= 4 is 11.6 Å². The third-order valence-electron chi connectivity index (χ3n) is 3.09. The SMILES string of the molecule is CCC(N=C(c1ccccc1)c1ccccc1)C(N)=O. The number of primary amides is 1. The van der Waals surface area contributed by atoms with Crippen LogP contribution in [0.1, 0.15) is 24.5 Å². The summed E-state index contributed by atoms with van der Waals surface area (Å²) in [6, 6.07) is 19.2. The second kappa shape index (κ2) is 6.66. The van der Waals surface area contributed by atoms with Crippen LogP contribution in [0, 0.1) is 0 Å². The summed E-state index contributed by atoms with van der Waals surface area (Å²) in [5.41, 5.74) is 8.18. The molecule has 3 heteroatoms. The molecule has 3 nitrogen and oxygen atoms in total. The average Bonchev–Trinajstić information content (AvgIpc) is 2.50. The molecule has 102 valence electrons.